The highest BCUT2D eigenvalue weighted by atomic mass is 16.5. The van der Waals surface area contributed by atoms with Gasteiger partial charge in [0, 0.05) is 42.2 Å². The summed E-state index contributed by atoms with van der Waals surface area (Å²) in [6.45, 7) is 5.65. The number of carbonyl (C=O) groups excluding carboxylic acids is 1. The van der Waals surface area contributed by atoms with Crippen LogP contribution in [0.15, 0.2) is 58.5 Å². The Hall–Kier alpha value is -4.57. The smallest absolute Gasteiger partial charge is 0.280 e. The van der Waals surface area contributed by atoms with Gasteiger partial charge < -0.3 is 34.5 Å². The highest BCUT2D eigenvalue weighted by molar-refractivity contribution is 6.15. The molecular weight excluding hydrogens is 570 g/mol. The first-order valence-corrected chi connectivity index (χ1v) is 15.4. The molecule has 0 aliphatic carbocycles. The highest BCUT2D eigenvalue weighted by Crippen LogP contribution is 2.42. The lowest BCUT2D eigenvalue weighted by Crippen LogP contribution is -2.41. The van der Waals surface area contributed by atoms with Crippen LogP contribution in [0.3, 0.4) is 0 Å². The normalized spacial score (nSPS) is 19.5. The number of rotatable bonds is 7. The van der Waals surface area contributed by atoms with E-state index in [1.165, 1.54) is 11.1 Å². The van der Waals surface area contributed by atoms with Crippen LogP contribution in [-0.4, -0.2) is 88.0 Å². The van der Waals surface area contributed by atoms with E-state index in [1.807, 2.05) is 42.2 Å². The van der Waals surface area contributed by atoms with Crippen molar-refractivity contribution in [1.82, 2.24) is 9.80 Å². The molecule has 2 atom stereocenters. The number of amides is 1. The standard InChI is InChI=1S/C35H41N5O5/c1-6-45-32-17-25-26(18-31(32)44-5)33(37-28-12-13-39(2)20-27(25)28)21-7-9-22(10-8-21)34(41)38-35(36)40-14-11-23-15-29(42-3)30(43-4)16-24(23)19-40/h7-10,15-18,27-28H,6,11-14,19-20H2,1-5H3,(H2,36,38,41)/t27-,28-/m1/s1. The molecule has 0 saturated carbocycles. The molecule has 6 rings (SSSR count). The first kappa shape index (κ1) is 30.5. The summed E-state index contributed by atoms with van der Waals surface area (Å²) < 4.78 is 22.6. The molecule has 10 nitrogen and oxygen atoms in total. The number of ether oxygens (including phenoxy) is 4. The number of piperidine rings is 1. The molecule has 0 unspecified atom stereocenters. The van der Waals surface area contributed by atoms with Crippen LogP contribution >= 0.6 is 0 Å². The Morgan fingerprint density at radius 1 is 0.956 bits per heavy atom. The number of benzene rings is 3. The number of hydrogen-bond acceptors (Lipinski definition) is 7. The molecule has 10 heteroatoms. The molecule has 236 valence electrons. The lowest BCUT2D eigenvalue weighted by Gasteiger charge is -2.39. The molecule has 3 aliphatic heterocycles. The van der Waals surface area contributed by atoms with Crippen LogP contribution in [0.5, 0.6) is 23.0 Å². The van der Waals surface area contributed by atoms with E-state index >= 15 is 0 Å². The quantitative estimate of drug-likeness (QED) is 0.312. The van der Waals surface area contributed by atoms with Crippen molar-refractivity contribution in [3.63, 3.8) is 0 Å². The summed E-state index contributed by atoms with van der Waals surface area (Å²) in [6, 6.07) is 15.8. The minimum Gasteiger partial charge on any atom is -0.493 e. The van der Waals surface area contributed by atoms with Crippen LogP contribution in [0, 0.1) is 0 Å². The van der Waals surface area contributed by atoms with Gasteiger partial charge in [-0.05, 0) is 86.4 Å². The van der Waals surface area contributed by atoms with Gasteiger partial charge in [0.2, 0.25) is 0 Å². The van der Waals surface area contributed by atoms with Crippen molar-refractivity contribution in [2.45, 2.75) is 38.3 Å². The van der Waals surface area contributed by atoms with Gasteiger partial charge in [-0.15, -0.1) is 0 Å². The fraction of sp³-hybridized carbons (Fsp3) is 0.400. The third-order valence-electron chi connectivity index (χ3n) is 9.03. The van der Waals surface area contributed by atoms with Crippen molar-refractivity contribution >= 4 is 17.6 Å². The number of fused-ring (bicyclic) bond motifs is 4. The Bertz CT molecular complexity index is 1650. The van der Waals surface area contributed by atoms with E-state index in [0.717, 1.165) is 54.1 Å². The Morgan fingerprint density at radius 2 is 1.64 bits per heavy atom. The van der Waals surface area contributed by atoms with Crippen molar-refractivity contribution in [3.05, 3.63) is 81.9 Å². The zero-order chi connectivity index (χ0) is 31.7. The molecule has 0 radical (unpaired) electrons. The lowest BCUT2D eigenvalue weighted by molar-refractivity contribution is 0.100. The van der Waals surface area contributed by atoms with Gasteiger partial charge in [-0.2, -0.15) is 4.99 Å². The molecule has 0 aromatic heterocycles. The molecule has 3 aliphatic rings. The number of hydrogen-bond donors (Lipinski definition) is 1. The zero-order valence-electron chi connectivity index (χ0n) is 26.6. The average molecular weight is 612 g/mol. The number of carbonyl (C=O) groups is 1. The van der Waals surface area contributed by atoms with Gasteiger partial charge in [0.05, 0.1) is 39.7 Å². The molecule has 3 heterocycles. The van der Waals surface area contributed by atoms with E-state index in [9.17, 15) is 4.79 Å². The van der Waals surface area contributed by atoms with Crippen molar-refractivity contribution in [2.75, 3.05) is 54.6 Å². The van der Waals surface area contributed by atoms with E-state index in [2.05, 4.69) is 23.0 Å². The predicted molar refractivity (Wildman–Crippen MR) is 174 cm³/mol. The summed E-state index contributed by atoms with van der Waals surface area (Å²) in [7, 11) is 7.06. The van der Waals surface area contributed by atoms with Crippen LogP contribution in [0.2, 0.25) is 0 Å². The van der Waals surface area contributed by atoms with Crippen molar-refractivity contribution in [2.24, 2.45) is 15.7 Å². The SMILES string of the molecule is CCOc1cc2c(cc1OC)C(c1ccc(C(=O)N=C(N)N3CCc4cc(OC)c(OC)cc4C3)cc1)=N[C@@H]1CCN(C)C[C@H]21. The van der Waals surface area contributed by atoms with Crippen LogP contribution in [-0.2, 0) is 13.0 Å². The number of nitrogens with two attached hydrogens (primary N) is 1. The van der Waals surface area contributed by atoms with Crippen molar-refractivity contribution in [1.29, 1.82) is 0 Å². The van der Waals surface area contributed by atoms with E-state index < -0.39 is 0 Å². The maximum atomic E-state index is 13.2. The Kier molecular flexibility index (Phi) is 8.67. The fourth-order valence-corrected chi connectivity index (χ4v) is 6.63. The maximum absolute atomic E-state index is 13.2. The average Bonchev–Trinajstić information content (AvgIpc) is 3.06. The van der Waals surface area contributed by atoms with E-state index in [0.29, 0.717) is 42.5 Å². The molecule has 1 amide bonds. The summed E-state index contributed by atoms with van der Waals surface area (Å²) in [4.78, 5) is 27.0. The van der Waals surface area contributed by atoms with E-state index in [-0.39, 0.29) is 23.8 Å². The van der Waals surface area contributed by atoms with Gasteiger partial charge in [-0.25, -0.2) is 0 Å². The van der Waals surface area contributed by atoms with E-state index in [1.54, 1.807) is 33.5 Å². The number of guanidine groups is 1. The summed E-state index contributed by atoms with van der Waals surface area (Å²) in [5, 5.41) is 0. The van der Waals surface area contributed by atoms with Gasteiger partial charge in [0.15, 0.2) is 29.0 Å². The van der Waals surface area contributed by atoms with Gasteiger partial charge in [-0.3, -0.25) is 9.79 Å². The fourth-order valence-electron chi connectivity index (χ4n) is 6.63. The molecule has 2 N–H and O–H groups in total. The second-order valence-corrected chi connectivity index (χ2v) is 11.7. The molecule has 1 saturated heterocycles. The molecule has 45 heavy (non-hydrogen) atoms. The number of likely N-dealkylation sites (N-methyl/N-ethyl adjacent to an activating group) is 1. The predicted octanol–water partition coefficient (Wildman–Crippen LogP) is 4.26. The van der Waals surface area contributed by atoms with Crippen LogP contribution in [0.4, 0.5) is 0 Å². The molecule has 0 bridgehead atoms. The molecule has 0 spiro atoms. The summed E-state index contributed by atoms with van der Waals surface area (Å²) in [5.74, 6) is 2.88. The summed E-state index contributed by atoms with van der Waals surface area (Å²) in [6.07, 6.45) is 1.74. The molecule has 3 aromatic carbocycles. The van der Waals surface area contributed by atoms with Gasteiger partial charge in [0.25, 0.3) is 5.91 Å². The number of nitrogens with zero attached hydrogens (tertiary/aromatic N) is 4. The highest BCUT2D eigenvalue weighted by Gasteiger charge is 2.36. The maximum Gasteiger partial charge on any atom is 0.280 e. The van der Waals surface area contributed by atoms with Crippen molar-refractivity contribution in [3.8, 4) is 23.0 Å². The Balaban J connectivity index is 1.24. The van der Waals surface area contributed by atoms with Crippen LogP contribution in [0.1, 0.15) is 57.4 Å². The van der Waals surface area contributed by atoms with Crippen LogP contribution in [0.25, 0.3) is 0 Å². The third kappa shape index (κ3) is 5.94. The third-order valence-corrected chi connectivity index (χ3v) is 9.03. The largest absolute Gasteiger partial charge is 0.493 e. The van der Waals surface area contributed by atoms with Gasteiger partial charge in [-0.1, -0.05) is 12.1 Å². The number of methoxy groups -OCH3 is 3. The molecule has 1 fully saturated rings. The Labute approximate surface area is 264 Å². The number of aliphatic imine (C=N–C) groups is 2. The topological polar surface area (TPSA) is 111 Å². The number of likely N-dealkylation sites (tertiary alicyclic amines) is 1. The van der Waals surface area contributed by atoms with Gasteiger partial charge >= 0.3 is 0 Å². The minimum atomic E-state index is -0.387. The summed E-state index contributed by atoms with van der Waals surface area (Å²) >= 11 is 0. The first-order chi connectivity index (χ1) is 21.8. The molecular formula is C35H41N5O5. The molecule has 3 aromatic rings. The second kappa shape index (κ2) is 12.8. The van der Waals surface area contributed by atoms with E-state index in [4.69, 9.17) is 29.7 Å². The second-order valence-electron chi connectivity index (χ2n) is 11.7. The zero-order valence-corrected chi connectivity index (χ0v) is 26.6. The Morgan fingerprint density at radius 3 is 2.33 bits per heavy atom. The van der Waals surface area contributed by atoms with Crippen LogP contribution < -0.4 is 24.7 Å². The minimum absolute atomic E-state index is 0.174. The van der Waals surface area contributed by atoms with Gasteiger partial charge in [0.1, 0.15) is 0 Å². The monoisotopic (exact) mass is 611 g/mol. The lowest BCUT2D eigenvalue weighted by atomic mass is 9.79. The van der Waals surface area contributed by atoms with Crippen molar-refractivity contribution < 1.29 is 23.7 Å². The first-order valence-electron chi connectivity index (χ1n) is 15.4. The summed E-state index contributed by atoms with van der Waals surface area (Å²) in [5.41, 5.74) is 13.2.